The summed E-state index contributed by atoms with van der Waals surface area (Å²) in [6, 6.07) is 8.04. The molecule has 6 nitrogen and oxygen atoms in total. The lowest BCUT2D eigenvalue weighted by molar-refractivity contribution is 0.0695. The maximum atomic E-state index is 12.7. The molecule has 1 N–H and O–H groups in total. The number of likely N-dealkylation sites (tertiary alicyclic amines) is 1. The monoisotopic (exact) mass is 378 g/mol. The number of hydrogen-bond donors (Lipinski definition) is 1. The molecule has 1 amide bonds. The molecule has 1 aromatic heterocycles. The van der Waals surface area contributed by atoms with E-state index in [4.69, 9.17) is 4.52 Å². The van der Waals surface area contributed by atoms with Crippen molar-refractivity contribution in [1.82, 2.24) is 20.4 Å². The van der Waals surface area contributed by atoms with Crippen LogP contribution in [0.25, 0.3) is 0 Å². The van der Waals surface area contributed by atoms with Crippen molar-refractivity contribution in [2.75, 3.05) is 20.1 Å². The molecule has 0 saturated carbocycles. The highest BCUT2D eigenvalue weighted by Crippen LogP contribution is 2.27. The molecule has 2 heterocycles. The Kier molecular flexibility index (Phi) is 7.17. The molecule has 0 radical (unpaired) electrons. The molecule has 2 atom stereocenters. The first-order valence-corrected chi connectivity index (χ1v) is 8.92. The topological polar surface area (TPSA) is 71.3 Å². The molecule has 0 spiro atoms. The van der Waals surface area contributed by atoms with Gasteiger partial charge in [-0.1, -0.05) is 22.9 Å². The van der Waals surface area contributed by atoms with Crippen LogP contribution < -0.4 is 5.32 Å². The van der Waals surface area contributed by atoms with Crippen LogP contribution in [-0.2, 0) is 6.42 Å². The summed E-state index contributed by atoms with van der Waals surface area (Å²) in [6.07, 6.45) is 2.66. The molecule has 2 unspecified atom stereocenters. The smallest absolute Gasteiger partial charge is 0.253 e. The lowest BCUT2D eigenvalue weighted by atomic mass is 9.97. The second-order valence-corrected chi connectivity index (χ2v) is 6.90. The van der Waals surface area contributed by atoms with E-state index in [1.54, 1.807) is 0 Å². The normalized spacial score (nSPS) is 18.3. The van der Waals surface area contributed by atoms with Crippen LogP contribution in [0.2, 0.25) is 0 Å². The zero-order chi connectivity index (χ0) is 17.8. The molecule has 0 bridgehead atoms. The number of carbonyl (C=O) groups excluding carboxylic acids is 1. The van der Waals surface area contributed by atoms with Crippen LogP contribution in [0.15, 0.2) is 28.8 Å². The number of halogens is 1. The molecule has 26 heavy (non-hydrogen) atoms. The van der Waals surface area contributed by atoms with Gasteiger partial charge in [-0.2, -0.15) is 4.98 Å². The Labute approximate surface area is 160 Å². The maximum Gasteiger partial charge on any atom is 0.253 e. The van der Waals surface area contributed by atoms with Crippen molar-refractivity contribution in [1.29, 1.82) is 0 Å². The molecule has 1 aliphatic heterocycles. The van der Waals surface area contributed by atoms with Crippen molar-refractivity contribution >= 4 is 18.3 Å². The van der Waals surface area contributed by atoms with Gasteiger partial charge in [0.05, 0.1) is 5.92 Å². The van der Waals surface area contributed by atoms with Gasteiger partial charge < -0.3 is 14.7 Å². The second-order valence-electron chi connectivity index (χ2n) is 6.90. The highest BCUT2D eigenvalue weighted by atomic mass is 35.5. The largest absolute Gasteiger partial charge is 0.339 e. The molecule has 1 aromatic carbocycles. The van der Waals surface area contributed by atoms with Crippen LogP contribution >= 0.6 is 12.4 Å². The van der Waals surface area contributed by atoms with Gasteiger partial charge in [0.1, 0.15) is 0 Å². The van der Waals surface area contributed by atoms with E-state index in [-0.39, 0.29) is 24.2 Å². The van der Waals surface area contributed by atoms with Gasteiger partial charge in [0.2, 0.25) is 5.89 Å². The summed E-state index contributed by atoms with van der Waals surface area (Å²) >= 11 is 0. The molecule has 2 aromatic rings. The number of likely N-dealkylation sites (N-methyl/N-ethyl adjacent to an activating group) is 1. The lowest BCUT2D eigenvalue weighted by Crippen LogP contribution is -2.39. The Morgan fingerprint density at radius 2 is 2.12 bits per heavy atom. The molecular formula is C19H27ClN4O2. The summed E-state index contributed by atoms with van der Waals surface area (Å²) in [5.74, 6) is 1.57. The minimum Gasteiger partial charge on any atom is -0.339 e. The first kappa shape index (κ1) is 20.4. The van der Waals surface area contributed by atoms with E-state index in [2.05, 4.69) is 22.4 Å². The molecule has 1 aliphatic rings. The molecule has 142 valence electrons. The molecule has 7 heteroatoms. The number of benzene rings is 1. The standard InChI is InChI=1S/C19H26N4O2.ClH/c1-13-6-8-15(9-7-13)19(24)23-10-4-5-16(12-23)18-21-17(22-25-18)11-14(2)20-3;/h6-9,14,16,20H,4-5,10-12H2,1-3H3;1H. The van der Waals surface area contributed by atoms with Gasteiger partial charge in [-0.15, -0.1) is 12.4 Å². The van der Waals surface area contributed by atoms with Gasteiger partial charge in [-0.05, 0) is 45.9 Å². The Balaban J connectivity index is 0.00000243. The van der Waals surface area contributed by atoms with Crippen LogP contribution in [-0.4, -0.2) is 47.1 Å². The number of nitrogens with zero attached hydrogens (tertiary/aromatic N) is 3. The van der Waals surface area contributed by atoms with Crippen molar-refractivity contribution < 1.29 is 9.32 Å². The second kappa shape index (κ2) is 9.14. The summed E-state index contributed by atoms with van der Waals surface area (Å²) in [5, 5.41) is 7.26. The quantitative estimate of drug-likeness (QED) is 0.866. The van der Waals surface area contributed by atoms with E-state index in [0.717, 1.165) is 42.8 Å². The van der Waals surface area contributed by atoms with E-state index in [9.17, 15) is 4.79 Å². The van der Waals surface area contributed by atoms with Crippen LogP contribution in [0, 0.1) is 6.92 Å². The first-order valence-electron chi connectivity index (χ1n) is 8.92. The van der Waals surface area contributed by atoms with Crippen LogP contribution in [0.4, 0.5) is 0 Å². The number of aryl methyl sites for hydroxylation is 1. The Bertz CT molecular complexity index is 717. The summed E-state index contributed by atoms with van der Waals surface area (Å²) in [7, 11) is 1.92. The highest BCUT2D eigenvalue weighted by molar-refractivity contribution is 5.94. The summed E-state index contributed by atoms with van der Waals surface area (Å²) in [4.78, 5) is 19.2. The molecular weight excluding hydrogens is 352 g/mol. The average Bonchev–Trinajstić information content (AvgIpc) is 3.10. The van der Waals surface area contributed by atoms with Gasteiger partial charge >= 0.3 is 0 Å². The third-order valence-corrected chi connectivity index (χ3v) is 4.82. The van der Waals surface area contributed by atoms with E-state index < -0.39 is 0 Å². The summed E-state index contributed by atoms with van der Waals surface area (Å²) in [5.41, 5.74) is 1.89. The van der Waals surface area contributed by atoms with Gasteiger partial charge in [0.15, 0.2) is 5.82 Å². The number of aromatic nitrogens is 2. The number of rotatable bonds is 5. The lowest BCUT2D eigenvalue weighted by Gasteiger charge is -2.31. The highest BCUT2D eigenvalue weighted by Gasteiger charge is 2.29. The third-order valence-electron chi connectivity index (χ3n) is 4.82. The number of piperidine rings is 1. The minimum atomic E-state index is 0. The fourth-order valence-corrected chi connectivity index (χ4v) is 3.13. The Morgan fingerprint density at radius 3 is 2.81 bits per heavy atom. The van der Waals surface area contributed by atoms with E-state index in [0.29, 0.717) is 18.5 Å². The predicted octanol–water partition coefficient (Wildman–Crippen LogP) is 2.97. The number of hydrogen-bond acceptors (Lipinski definition) is 5. The van der Waals surface area contributed by atoms with Crippen LogP contribution in [0.1, 0.15) is 53.3 Å². The van der Waals surface area contributed by atoms with Crippen molar-refractivity contribution in [2.45, 2.75) is 45.1 Å². The summed E-state index contributed by atoms with van der Waals surface area (Å²) < 4.78 is 5.47. The third kappa shape index (κ3) is 4.83. The average molecular weight is 379 g/mol. The first-order chi connectivity index (χ1) is 12.1. The molecule has 3 rings (SSSR count). The Morgan fingerprint density at radius 1 is 1.38 bits per heavy atom. The fraction of sp³-hybridized carbons (Fsp3) is 0.526. The molecule has 1 fully saturated rings. The van der Waals surface area contributed by atoms with Gasteiger partial charge in [-0.25, -0.2) is 0 Å². The zero-order valence-electron chi connectivity index (χ0n) is 15.6. The van der Waals surface area contributed by atoms with Crippen molar-refractivity contribution in [3.63, 3.8) is 0 Å². The molecule has 0 aliphatic carbocycles. The number of nitrogens with one attached hydrogen (secondary N) is 1. The van der Waals surface area contributed by atoms with Gasteiger partial charge in [-0.3, -0.25) is 4.79 Å². The number of carbonyl (C=O) groups is 1. The van der Waals surface area contributed by atoms with E-state index in [1.165, 1.54) is 0 Å². The van der Waals surface area contributed by atoms with E-state index in [1.807, 2.05) is 43.1 Å². The minimum absolute atomic E-state index is 0. The zero-order valence-corrected chi connectivity index (χ0v) is 16.4. The van der Waals surface area contributed by atoms with E-state index >= 15 is 0 Å². The van der Waals surface area contributed by atoms with Crippen LogP contribution in [0.5, 0.6) is 0 Å². The Hall–Kier alpha value is -1.92. The molecule has 1 saturated heterocycles. The van der Waals surface area contributed by atoms with Gasteiger partial charge in [0, 0.05) is 31.1 Å². The van der Waals surface area contributed by atoms with Crippen molar-refractivity contribution in [2.24, 2.45) is 0 Å². The van der Waals surface area contributed by atoms with Crippen molar-refractivity contribution in [3.05, 3.63) is 47.1 Å². The van der Waals surface area contributed by atoms with Crippen LogP contribution in [0.3, 0.4) is 0 Å². The maximum absolute atomic E-state index is 12.7. The fourth-order valence-electron chi connectivity index (χ4n) is 3.13. The SMILES string of the molecule is CNC(C)Cc1noc(C2CCCN(C(=O)c3ccc(C)cc3)C2)n1.Cl. The predicted molar refractivity (Wildman–Crippen MR) is 103 cm³/mol. The van der Waals surface area contributed by atoms with Crippen molar-refractivity contribution in [3.8, 4) is 0 Å². The summed E-state index contributed by atoms with van der Waals surface area (Å²) in [6.45, 7) is 5.52. The van der Waals surface area contributed by atoms with Gasteiger partial charge in [0.25, 0.3) is 5.91 Å². The number of amides is 1.